The van der Waals surface area contributed by atoms with Gasteiger partial charge in [-0.05, 0) is 6.07 Å². The van der Waals surface area contributed by atoms with Crippen molar-refractivity contribution in [2.75, 3.05) is 12.3 Å². The van der Waals surface area contributed by atoms with Crippen LogP contribution in [0.4, 0.5) is 5.69 Å². The molecular weight excluding hydrogens is 154 g/mol. The van der Waals surface area contributed by atoms with Crippen LogP contribution in [0.3, 0.4) is 0 Å². The van der Waals surface area contributed by atoms with Crippen LogP contribution in [-0.4, -0.2) is 16.8 Å². The molecule has 0 spiro atoms. The van der Waals surface area contributed by atoms with E-state index in [0.717, 1.165) is 0 Å². The minimum atomic E-state index is -0.656. The van der Waals surface area contributed by atoms with E-state index in [2.05, 4.69) is 0 Å². The Labute approximate surface area is 71.5 Å². The van der Waals surface area contributed by atoms with Crippen LogP contribution in [0.5, 0.6) is 0 Å². The van der Waals surface area contributed by atoms with Gasteiger partial charge in [-0.15, -0.1) is 0 Å². The summed E-state index contributed by atoms with van der Waals surface area (Å²) in [5.41, 5.74) is 6.86. The summed E-state index contributed by atoms with van der Waals surface area (Å²) in [7, 11) is 0. The molecule has 66 valence electrons. The Hall–Kier alpha value is -1.06. The van der Waals surface area contributed by atoms with Crippen molar-refractivity contribution in [2.24, 2.45) is 0 Å². The molecule has 0 aliphatic carbocycles. The van der Waals surface area contributed by atoms with Crippen LogP contribution in [0.15, 0.2) is 24.3 Å². The first-order valence-electron chi connectivity index (χ1n) is 3.89. The Morgan fingerprint density at radius 3 is 2.58 bits per heavy atom. The molecule has 0 fully saturated rings. The third-order valence-corrected chi connectivity index (χ3v) is 1.76. The topological polar surface area (TPSA) is 66.5 Å². The van der Waals surface area contributed by atoms with Crippen LogP contribution >= 0.6 is 0 Å². The summed E-state index contributed by atoms with van der Waals surface area (Å²) in [5, 5.41) is 18.0. The fourth-order valence-corrected chi connectivity index (χ4v) is 1.09. The first-order valence-corrected chi connectivity index (χ1v) is 3.89. The number of benzene rings is 1. The number of aliphatic hydroxyl groups excluding tert-OH is 2. The molecule has 12 heavy (non-hydrogen) atoms. The maximum absolute atomic E-state index is 9.46. The fourth-order valence-electron chi connectivity index (χ4n) is 1.09. The average molecular weight is 167 g/mol. The molecule has 0 aliphatic rings. The number of hydrogen-bond acceptors (Lipinski definition) is 3. The van der Waals surface area contributed by atoms with Crippen molar-refractivity contribution in [3.63, 3.8) is 0 Å². The molecular formula is C9H13NO2. The molecule has 0 saturated heterocycles. The smallest absolute Gasteiger partial charge is 0.0831 e. The molecule has 3 heteroatoms. The standard InChI is InChI=1S/C9H13NO2/c10-8-4-2-1-3-7(8)9(12)5-6-11/h1-4,9,11-12H,5-6,10H2/t9-/m1/s1. The van der Waals surface area contributed by atoms with E-state index in [0.29, 0.717) is 17.7 Å². The number of para-hydroxylation sites is 1. The molecule has 0 radical (unpaired) electrons. The van der Waals surface area contributed by atoms with Crippen LogP contribution < -0.4 is 5.73 Å². The lowest BCUT2D eigenvalue weighted by Gasteiger charge is -2.11. The van der Waals surface area contributed by atoms with Crippen LogP contribution in [0.25, 0.3) is 0 Å². The van der Waals surface area contributed by atoms with Crippen molar-refractivity contribution < 1.29 is 10.2 Å². The molecule has 1 aromatic rings. The lowest BCUT2D eigenvalue weighted by Crippen LogP contribution is -2.03. The summed E-state index contributed by atoms with van der Waals surface area (Å²) < 4.78 is 0. The Morgan fingerprint density at radius 1 is 1.33 bits per heavy atom. The van der Waals surface area contributed by atoms with Gasteiger partial charge in [-0.3, -0.25) is 0 Å². The lowest BCUT2D eigenvalue weighted by atomic mass is 10.1. The second-order valence-corrected chi connectivity index (χ2v) is 2.66. The Bertz CT molecular complexity index is 250. The van der Waals surface area contributed by atoms with Gasteiger partial charge in [-0.25, -0.2) is 0 Å². The highest BCUT2D eigenvalue weighted by atomic mass is 16.3. The van der Waals surface area contributed by atoms with Crippen LogP contribution in [0.2, 0.25) is 0 Å². The van der Waals surface area contributed by atoms with Crippen molar-refractivity contribution in [1.29, 1.82) is 0 Å². The van der Waals surface area contributed by atoms with Gasteiger partial charge in [0.2, 0.25) is 0 Å². The molecule has 1 rings (SSSR count). The number of anilines is 1. The predicted molar refractivity (Wildman–Crippen MR) is 47.5 cm³/mol. The fraction of sp³-hybridized carbons (Fsp3) is 0.333. The molecule has 0 aromatic heterocycles. The highest BCUT2D eigenvalue weighted by molar-refractivity contribution is 5.47. The van der Waals surface area contributed by atoms with E-state index in [-0.39, 0.29) is 6.61 Å². The normalized spacial score (nSPS) is 12.8. The zero-order chi connectivity index (χ0) is 8.97. The van der Waals surface area contributed by atoms with Gasteiger partial charge in [-0.1, -0.05) is 18.2 Å². The van der Waals surface area contributed by atoms with Crippen molar-refractivity contribution >= 4 is 5.69 Å². The van der Waals surface area contributed by atoms with Gasteiger partial charge in [0, 0.05) is 24.3 Å². The molecule has 0 aliphatic heterocycles. The van der Waals surface area contributed by atoms with Crippen molar-refractivity contribution in [2.45, 2.75) is 12.5 Å². The van der Waals surface area contributed by atoms with Crippen LogP contribution in [0.1, 0.15) is 18.1 Å². The van der Waals surface area contributed by atoms with Gasteiger partial charge >= 0.3 is 0 Å². The summed E-state index contributed by atoms with van der Waals surface area (Å²) in [6, 6.07) is 7.11. The van der Waals surface area contributed by atoms with Crippen molar-refractivity contribution in [3.8, 4) is 0 Å². The lowest BCUT2D eigenvalue weighted by molar-refractivity contribution is 0.135. The number of hydrogen-bond donors (Lipinski definition) is 3. The number of rotatable bonds is 3. The number of nitrogens with two attached hydrogens (primary N) is 1. The van der Waals surface area contributed by atoms with Crippen molar-refractivity contribution in [3.05, 3.63) is 29.8 Å². The summed E-state index contributed by atoms with van der Waals surface area (Å²) in [4.78, 5) is 0. The highest BCUT2D eigenvalue weighted by Crippen LogP contribution is 2.21. The van der Waals surface area contributed by atoms with E-state index in [4.69, 9.17) is 10.8 Å². The molecule has 0 unspecified atom stereocenters. The third-order valence-electron chi connectivity index (χ3n) is 1.76. The van der Waals surface area contributed by atoms with E-state index in [1.807, 2.05) is 12.1 Å². The van der Waals surface area contributed by atoms with Gasteiger partial charge in [0.1, 0.15) is 0 Å². The van der Waals surface area contributed by atoms with E-state index < -0.39 is 6.10 Å². The minimum absolute atomic E-state index is 0.0322. The maximum atomic E-state index is 9.46. The van der Waals surface area contributed by atoms with E-state index in [1.54, 1.807) is 12.1 Å². The predicted octanol–water partition coefficient (Wildman–Crippen LogP) is 0.685. The molecule has 3 nitrogen and oxygen atoms in total. The zero-order valence-corrected chi connectivity index (χ0v) is 6.77. The van der Waals surface area contributed by atoms with E-state index in [9.17, 15) is 5.11 Å². The Kier molecular flexibility index (Phi) is 3.08. The maximum Gasteiger partial charge on any atom is 0.0831 e. The van der Waals surface area contributed by atoms with Crippen molar-refractivity contribution in [1.82, 2.24) is 0 Å². The van der Waals surface area contributed by atoms with Gasteiger partial charge in [0.25, 0.3) is 0 Å². The van der Waals surface area contributed by atoms with Gasteiger partial charge < -0.3 is 15.9 Å². The molecule has 0 bridgehead atoms. The summed E-state index contributed by atoms with van der Waals surface area (Å²) in [6.07, 6.45) is -0.329. The quantitative estimate of drug-likeness (QED) is 0.580. The minimum Gasteiger partial charge on any atom is -0.398 e. The molecule has 1 atom stereocenters. The molecule has 4 N–H and O–H groups in total. The van der Waals surface area contributed by atoms with E-state index >= 15 is 0 Å². The Balaban J connectivity index is 2.79. The number of nitrogen functional groups attached to an aromatic ring is 1. The third kappa shape index (κ3) is 1.96. The second-order valence-electron chi connectivity index (χ2n) is 2.66. The Morgan fingerprint density at radius 2 is 2.00 bits per heavy atom. The van der Waals surface area contributed by atoms with E-state index in [1.165, 1.54) is 0 Å². The summed E-state index contributed by atoms with van der Waals surface area (Å²) >= 11 is 0. The summed E-state index contributed by atoms with van der Waals surface area (Å²) in [5.74, 6) is 0. The largest absolute Gasteiger partial charge is 0.398 e. The second kappa shape index (κ2) is 4.09. The summed E-state index contributed by atoms with van der Waals surface area (Å²) in [6.45, 7) is -0.0322. The van der Waals surface area contributed by atoms with Gasteiger partial charge in [-0.2, -0.15) is 0 Å². The SMILES string of the molecule is Nc1ccccc1[C@H](O)CCO. The van der Waals surface area contributed by atoms with Crippen LogP contribution in [-0.2, 0) is 0 Å². The molecule has 0 heterocycles. The molecule has 1 aromatic carbocycles. The zero-order valence-electron chi connectivity index (χ0n) is 6.77. The monoisotopic (exact) mass is 167 g/mol. The first-order chi connectivity index (χ1) is 5.75. The first kappa shape index (κ1) is 9.03. The molecule has 0 saturated carbocycles. The van der Waals surface area contributed by atoms with Crippen LogP contribution in [0, 0.1) is 0 Å². The average Bonchev–Trinajstić information content (AvgIpc) is 2.05. The van der Waals surface area contributed by atoms with Gasteiger partial charge in [0.15, 0.2) is 0 Å². The highest BCUT2D eigenvalue weighted by Gasteiger charge is 2.08. The van der Waals surface area contributed by atoms with Gasteiger partial charge in [0.05, 0.1) is 6.10 Å². The molecule has 0 amide bonds. The number of aliphatic hydroxyl groups is 2.